The molecule has 3 nitrogen and oxygen atoms in total. The molecule has 2 aliphatic rings. The van der Waals surface area contributed by atoms with Crippen LogP contribution in [0.4, 0.5) is 0 Å². The smallest absolute Gasteiger partial charge is 0.222 e. The van der Waals surface area contributed by atoms with E-state index < -0.39 is 0 Å². The molecule has 0 aromatic heterocycles. The molecule has 2 aliphatic heterocycles. The van der Waals surface area contributed by atoms with E-state index in [1.807, 2.05) is 6.07 Å². The molecule has 0 saturated carbocycles. The highest BCUT2D eigenvalue weighted by molar-refractivity contribution is 5.77. The summed E-state index contributed by atoms with van der Waals surface area (Å²) in [5, 5.41) is 3.46. The van der Waals surface area contributed by atoms with Crippen LogP contribution in [0.2, 0.25) is 0 Å². The summed E-state index contributed by atoms with van der Waals surface area (Å²) >= 11 is 0. The third-order valence-electron chi connectivity index (χ3n) is 4.50. The number of likely N-dealkylation sites (tertiary alicyclic amines) is 1. The monoisotopic (exact) mass is 258 g/mol. The summed E-state index contributed by atoms with van der Waals surface area (Å²) < 4.78 is 0. The van der Waals surface area contributed by atoms with E-state index in [9.17, 15) is 4.79 Å². The molecule has 0 bridgehead atoms. The van der Waals surface area contributed by atoms with Gasteiger partial charge in [-0.1, -0.05) is 30.3 Å². The topological polar surface area (TPSA) is 32.3 Å². The number of amides is 1. The van der Waals surface area contributed by atoms with Crippen LogP contribution >= 0.6 is 0 Å². The van der Waals surface area contributed by atoms with Gasteiger partial charge in [-0.25, -0.2) is 0 Å². The molecule has 3 heteroatoms. The van der Waals surface area contributed by atoms with Crippen LogP contribution in [-0.2, 0) is 11.2 Å². The third-order valence-corrected chi connectivity index (χ3v) is 4.50. The van der Waals surface area contributed by atoms with Crippen molar-refractivity contribution in [3.8, 4) is 0 Å². The van der Waals surface area contributed by atoms with Crippen molar-refractivity contribution in [3.63, 3.8) is 0 Å². The number of nitrogens with one attached hydrogen (secondary N) is 1. The second-order valence-electron chi connectivity index (χ2n) is 5.68. The number of carbonyl (C=O) groups excluding carboxylic acids is 1. The lowest BCUT2D eigenvalue weighted by atomic mass is 9.84. The van der Waals surface area contributed by atoms with Crippen molar-refractivity contribution >= 4 is 5.91 Å². The SMILES string of the molecule is O=C1CCC2CNCCC2N1CCc1ccccc1. The highest BCUT2D eigenvalue weighted by atomic mass is 16.2. The van der Waals surface area contributed by atoms with Crippen molar-refractivity contribution in [3.05, 3.63) is 35.9 Å². The predicted molar refractivity (Wildman–Crippen MR) is 75.9 cm³/mol. The van der Waals surface area contributed by atoms with E-state index in [1.165, 1.54) is 5.56 Å². The Kier molecular flexibility index (Phi) is 3.83. The van der Waals surface area contributed by atoms with Gasteiger partial charge in [0.2, 0.25) is 5.91 Å². The second kappa shape index (κ2) is 5.74. The summed E-state index contributed by atoms with van der Waals surface area (Å²) in [5.41, 5.74) is 1.33. The fraction of sp³-hybridized carbons (Fsp3) is 0.562. The van der Waals surface area contributed by atoms with Gasteiger partial charge in [-0.3, -0.25) is 4.79 Å². The zero-order chi connectivity index (χ0) is 13.1. The van der Waals surface area contributed by atoms with Gasteiger partial charge in [-0.2, -0.15) is 0 Å². The van der Waals surface area contributed by atoms with Crippen molar-refractivity contribution < 1.29 is 4.79 Å². The molecular formula is C16H22N2O. The number of benzene rings is 1. The number of carbonyl (C=O) groups is 1. The Morgan fingerprint density at radius 3 is 2.89 bits per heavy atom. The van der Waals surface area contributed by atoms with Crippen molar-refractivity contribution in [2.45, 2.75) is 31.7 Å². The second-order valence-corrected chi connectivity index (χ2v) is 5.68. The summed E-state index contributed by atoms with van der Waals surface area (Å²) in [4.78, 5) is 14.3. The molecule has 1 aromatic rings. The molecule has 102 valence electrons. The summed E-state index contributed by atoms with van der Waals surface area (Å²) in [6.07, 6.45) is 3.89. The predicted octanol–water partition coefficient (Wildman–Crippen LogP) is 1.83. The zero-order valence-electron chi connectivity index (χ0n) is 11.3. The van der Waals surface area contributed by atoms with Crippen LogP contribution in [0.3, 0.4) is 0 Å². The maximum Gasteiger partial charge on any atom is 0.222 e. The molecule has 2 fully saturated rings. The fourth-order valence-corrected chi connectivity index (χ4v) is 3.44. The normalized spacial score (nSPS) is 27.2. The molecule has 2 heterocycles. The van der Waals surface area contributed by atoms with Crippen LogP contribution in [0.5, 0.6) is 0 Å². The minimum absolute atomic E-state index is 0.360. The minimum atomic E-state index is 0.360. The van der Waals surface area contributed by atoms with Gasteiger partial charge in [0.25, 0.3) is 0 Å². The van der Waals surface area contributed by atoms with E-state index in [4.69, 9.17) is 0 Å². The van der Waals surface area contributed by atoms with Gasteiger partial charge in [0.15, 0.2) is 0 Å². The largest absolute Gasteiger partial charge is 0.339 e. The van der Waals surface area contributed by atoms with Gasteiger partial charge in [0.05, 0.1) is 0 Å². The molecule has 1 amide bonds. The Hall–Kier alpha value is -1.35. The third kappa shape index (κ3) is 2.81. The number of nitrogens with zero attached hydrogens (tertiary/aromatic N) is 1. The van der Waals surface area contributed by atoms with E-state index in [-0.39, 0.29) is 0 Å². The first-order chi connectivity index (χ1) is 9.34. The maximum absolute atomic E-state index is 12.2. The van der Waals surface area contributed by atoms with E-state index in [2.05, 4.69) is 34.5 Å². The number of rotatable bonds is 3. The lowest BCUT2D eigenvalue weighted by molar-refractivity contribution is -0.139. The highest BCUT2D eigenvalue weighted by Crippen LogP contribution is 2.28. The van der Waals surface area contributed by atoms with E-state index in [0.29, 0.717) is 17.9 Å². The van der Waals surface area contributed by atoms with Gasteiger partial charge >= 0.3 is 0 Å². The fourth-order valence-electron chi connectivity index (χ4n) is 3.44. The molecule has 0 spiro atoms. The van der Waals surface area contributed by atoms with Gasteiger partial charge < -0.3 is 10.2 Å². The van der Waals surface area contributed by atoms with Crippen LogP contribution in [0.15, 0.2) is 30.3 Å². The average Bonchev–Trinajstić information content (AvgIpc) is 2.47. The van der Waals surface area contributed by atoms with Gasteiger partial charge in [0, 0.05) is 19.0 Å². The molecule has 3 rings (SSSR count). The molecule has 0 aliphatic carbocycles. The van der Waals surface area contributed by atoms with E-state index in [0.717, 1.165) is 45.3 Å². The molecular weight excluding hydrogens is 236 g/mol. The average molecular weight is 258 g/mol. The summed E-state index contributed by atoms with van der Waals surface area (Å²) in [6, 6.07) is 11.0. The molecule has 0 radical (unpaired) electrons. The van der Waals surface area contributed by atoms with Crippen LogP contribution in [0, 0.1) is 5.92 Å². The summed E-state index contributed by atoms with van der Waals surface area (Å²) in [7, 11) is 0. The van der Waals surface area contributed by atoms with Gasteiger partial charge in [0.1, 0.15) is 0 Å². The van der Waals surface area contributed by atoms with Gasteiger partial charge in [-0.05, 0) is 43.8 Å². The maximum atomic E-state index is 12.2. The van der Waals surface area contributed by atoms with Crippen LogP contribution in [0.25, 0.3) is 0 Å². The van der Waals surface area contributed by atoms with Gasteiger partial charge in [-0.15, -0.1) is 0 Å². The Morgan fingerprint density at radius 1 is 1.21 bits per heavy atom. The lowest BCUT2D eigenvalue weighted by Crippen LogP contribution is -2.55. The Labute approximate surface area is 115 Å². The van der Waals surface area contributed by atoms with Crippen molar-refractivity contribution in [2.75, 3.05) is 19.6 Å². The van der Waals surface area contributed by atoms with Crippen molar-refractivity contribution in [1.29, 1.82) is 0 Å². The first kappa shape index (κ1) is 12.7. The molecule has 1 N–H and O–H groups in total. The Balaban J connectivity index is 1.65. The lowest BCUT2D eigenvalue weighted by Gasteiger charge is -2.44. The molecule has 2 unspecified atom stereocenters. The quantitative estimate of drug-likeness (QED) is 0.897. The molecule has 2 atom stereocenters. The Bertz CT molecular complexity index is 432. The van der Waals surface area contributed by atoms with E-state index in [1.54, 1.807) is 0 Å². The van der Waals surface area contributed by atoms with E-state index >= 15 is 0 Å². The summed E-state index contributed by atoms with van der Waals surface area (Å²) in [6.45, 7) is 3.01. The molecule has 19 heavy (non-hydrogen) atoms. The molecule has 2 saturated heterocycles. The van der Waals surface area contributed by atoms with Crippen molar-refractivity contribution in [2.24, 2.45) is 5.92 Å². The number of fused-ring (bicyclic) bond motifs is 1. The first-order valence-corrected chi connectivity index (χ1v) is 7.39. The number of piperidine rings is 2. The zero-order valence-corrected chi connectivity index (χ0v) is 11.3. The van der Waals surface area contributed by atoms with Crippen LogP contribution in [-0.4, -0.2) is 36.5 Å². The number of hydrogen-bond donors (Lipinski definition) is 1. The van der Waals surface area contributed by atoms with Crippen molar-refractivity contribution in [1.82, 2.24) is 10.2 Å². The molecule has 1 aromatic carbocycles. The highest BCUT2D eigenvalue weighted by Gasteiger charge is 2.36. The Morgan fingerprint density at radius 2 is 2.05 bits per heavy atom. The standard InChI is InChI=1S/C16H22N2O/c19-16-7-6-14-12-17-10-8-15(14)18(16)11-9-13-4-2-1-3-5-13/h1-5,14-15,17H,6-12H2. The number of hydrogen-bond acceptors (Lipinski definition) is 2. The van der Waals surface area contributed by atoms with Crippen LogP contribution in [0.1, 0.15) is 24.8 Å². The first-order valence-electron chi connectivity index (χ1n) is 7.39. The van der Waals surface area contributed by atoms with Crippen LogP contribution < -0.4 is 5.32 Å². The minimum Gasteiger partial charge on any atom is -0.339 e. The summed E-state index contributed by atoms with van der Waals surface area (Å²) in [5.74, 6) is 1.03.